The van der Waals surface area contributed by atoms with Crippen LogP contribution in [0, 0.1) is 11.7 Å². The summed E-state index contributed by atoms with van der Waals surface area (Å²) in [7, 11) is 0. The fraction of sp³-hybridized carbons (Fsp3) is 0.417. The molecule has 2 heteroatoms. The van der Waals surface area contributed by atoms with E-state index in [9.17, 15) is 9.18 Å². The maximum absolute atomic E-state index is 12.7. The highest BCUT2D eigenvalue weighted by Gasteiger charge is 2.31. The molecule has 1 fully saturated rings. The van der Waals surface area contributed by atoms with Gasteiger partial charge in [-0.1, -0.05) is 19.1 Å². The summed E-state index contributed by atoms with van der Waals surface area (Å²) in [5.74, 6) is 0.508. The van der Waals surface area contributed by atoms with Crippen LogP contribution in [0.5, 0.6) is 0 Å². The zero-order valence-corrected chi connectivity index (χ0v) is 8.16. The topological polar surface area (TPSA) is 17.1 Å². The van der Waals surface area contributed by atoms with E-state index in [1.165, 1.54) is 12.1 Å². The van der Waals surface area contributed by atoms with Gasteiger partial charge in [-0.25, -0.2) is 4.39 Å². The lowest BCUT2D eigenvalue weighted by Crippen LogP contribution is -2.08. The molecule has 74 valence electrons. The van der Waals surface area contributed by atoms with Crippen LogP contribution in [0.2, 0.25) is 0 Å². The first-order valence-corrected chi connectivity index (χ1v) is 4.96. The Balaban J connectivity index is 2.23. The lowest BCUT2D eigenvalue weighted by molar-refractivity contribution is -0.120. The smallest absolute Gasteiger partial charge is 0.136 e. The lowest BCUT2D eigenvalue weighted by Gasteiger charge is -2.13. The number of benzene rings is 1. The molecule has 1 aromatic carbocycles. The van der Waals surface area contributed by atoms with Gasteiger partial charge in [-0.2, -0.15) is 0 Å². The standard InChI is InChI=1S/C12H13FO/c1-8-11(6-7-12(8)14)9-2-4-10(13)5-3-9/h2-5,8,11H,6-7H2,1H3. The number of halogens is 1. The number of hydrogen-bond donors (Lipinski definition) is 0. The second-order valence-electron chi connectivity index (χ2n) is 3.95. The fourth-order valence-electron chi connectivity index (χ4n) is 2.17. The molecule has 0 aliphatic heterocycles. The average Bonchev–Trinajstić information content (AvgIpc) is 2.50. The summed E-state index contributed by atoms with van der Waals surface area (Å²) in [5.41, 5.74) is 1.09. The van der Waals surface area contributed by atoms with Crippen LogP contribution in [0.25, 0.3) is 0 Å². The van der Waals surface area contributed by atoms with Crippen molar-refractivity contribution in [2.24, 2.45) is 5.92 Å². The first-order chi connectivity index (χ1) is 6.68. The van der Waals surface area contributed by atoms with E-state index in [-0.39, 0.29) is 11.7 Å². The summed E-state index contributed by atoms with van der Waals surface area (Å²) in [5, 5.41) is 0. The molecule has 2 atom stereocenters. The van der Waals surface area contributed by atoms with E-state index in [1.807, 2.05) is 6.92 Å². The first kappa shape index (κ1) is 9.38. The maximum Gasteiger partial charge on any atom is 0.136 e. The van der Waals surface area contributed by atoms with Crippen LogP contribution >= 0.6 is 0 Å². The van der Waals surface area contributed by atoms with E-state index in [0.717, 1.165) is 12.0 Å². The van der Waals surface area contributed by atoms with Crippen LogP contribution < -0.4 is 0 Å². The summed E-state index contributed by atoms with van der Waals surface area (Å²) in [4.78, 5) is 11.4. The van der Waals surface area contributed by atoms with Gasteiger partial charge in [0.2, 0.25) is 0 Å². The summed E-state index contributed by atoms with van der Waals surface area (Å²) >= 11 is 0. The molecule has 1 saturated carbocycles. The number of carbonyl (C=O) groups is 1. The van der Waals surface area contributed by atoms with Gasteiger partial charge in [-0.15, -0.1) is 0 Å². The zero-order chi connectivity index (χ0) is 10.1. The molecular formula is C12H13FO. The van der Waals surface area contributed by atoms with E-state index in [0.29, 0.717) is 18.1 Å². The Morgan fingerprint density at radius 1 is 1.29 bits per heavy atom. The van der Waals surface area contributed by atoms with Crippen molar-refractivity contribution < 1.29 is 9.18 Å². The van der Waals surface area contributed by atoms with Crippen molar-refractivity contribution >= 4 is 5.78 Å². The van der Waals surface area contributed by atoms with Gasteiger partial charge in [0.05, 0.1) is 0 Å². The SMILES string of the molecule is CC1C(=O)CCC1c1ccc(F)cc1. The predicted octanol–water partition coefficient (Wildman–Crippen LogP) is 2.91. The third kappa shape index (κ3) is 1.57. The lowest BCUT2D eigenvalue weighted by atomic mass is 9.90. The maximum atomic E-state index is 12.7. The van der Waals surface area contributed by atoms with E-state index in [2.05, 4.69) is 0 Å². The monoisotopic (exact) mass is 192 g/mol. The van der Waals surface area contributed by atoms with Crippen molar-refractivity contribution in [1.82, 2.24) is 0 Å². The van der Waals surface area contributed by atoms with Crippen LogP contribution in [0.4, 0.5) is 4.39 Å². The third-order valence-corrected chi connectivity index (χ3v) is 3.11. The van der Waals surface area contributed by atoms with Crippen molar-refractivity contribution in [3.8, 4) is 0 Å². The van der Waals surface area contributed by atoms with Crippen LogP contribution in [0.1, 0.15) is 31.2 Å². The molecule has 1 aliphatic rings. The van der Waals surface area contributed by atoms with Crippen molar-refractivity contribution in [2.75, 3.05) is 0 Å². The fourth-order valence-corrected chi connectivity index (χ4v) is 2.17. The van der Waals surface area contributed by atoms with Crippen LogP contribution in [-0.4, -0.2) is 5.78 Å². The largest absolute Gasteiger partial charge is 0.299 e. The van der Waals surface area contributed by atoms with Crippen molar-refractivity contribution in [3.05, 3.63) is 35.6 Å². The minimum absolute atomic E-state index is 0.0976. The minimum Gasteiger partial charge on any atom is -0.299 e. The molecule has 0 heterocycles. The first-order valence-electron chi connectivity index (χ1n) is 4.96. The Morgan fingerprint density at radius 2 is 1.93 bits per heavy atom. The van der Waals surface area contributed by atoms with Gasteiger partial charge in [0.25, 0.3) is 0 Å². The normalized spacial score (nSPS) is 26.9. The van der Waals surface area contributed by atoms with Gasteiger partial charge in [-0.3, -0.25) is 4.79 Å². The molecule has 14 heavy (non-hydrogen) atoms. The Hall–Kier alpha value is -1.18. The van der Waals surface area contributed by atoms with Gasteiger partial charge in [0, 0.05) is 12.3 Å². The van der Waals surface area contributed by atoms with Crippen molar-refractivity contribution in [1.29, 1.82) is 0 Å². The van der Waals surface area contributed by atoms with Gasteiger partial charge in [0.1, 0.15) is 11.6 Å². The molecule has 2 rings (SSSR count). The second-order valence-corrected chi connectivity index (χ2v) is 3.95. The highest BCUT2D eigenvalue weighted by atomic mass is 19.1. The summed E-state index contributed by atoms with van der Waals surface area (Å²) in [6, 6.07) is 6.50. The van der Waals surface area contributed by atoms with Crippen LogP contribution in [0.3, 0.4) is 0 Å². The molecule has 0 amide bonds. The molecule has 0 bridgehead atoms. The van der Waals surface area contributed by atoms with Crippen molar-refractivity contribution in [2.45, 2.75) is 25.7 Å². The van der Waals surface area contributed by atoms with E-state index in [4.69, 9.17) is 0 Å². The molecule has 1 nitrogen and oxygen atoms in total. The van der Waals surface area contributed by atoms with Crippen molar-refractivity contribution in [3.63, 3.8) is 0 Å². The summed E-state index contributed by atoms with van der Waals surface area (Å²) < 4.78 is 12.7. The zero-order valence-electron chi connectivity index (χ0n) is 8.16. The number of carbonyl (C=O) groups excluding carboxylic acids is 1. The summed E-state index contributed by atoms with van der Waals surface area (Å²) in [6.45, 7) is 1.96. The Morgan fingerprint density at radius 3 is 2.43 bits per heavy atom. The minimum atomic E-state index is -0.217. The number of Topliss-reactive ketones (excluding diaryl/α,β-unsaturated/α-hetero) is 1. The Kier molecular flexibility index (Phi) is 2.36. The highest BCUT2D eigenvalue weighted by molar-refractivity contribution is 5.84. The highest BCUT2D eigenvalue weighted by Crippen LogP contribution is 2.36. The number of ketones is 1. The molecule has 0 radical (unpaired) electrons. The van der Waals surface area contributed by atoms with E-state index < -0.39 is 0 Å². The van der Waals surface area contributed by atoms with Crippen LogP contribution in [0.15, 0.2) is 24.3 Å². The number of rotatable bonds is 1. The molecule has 0 N–H and O–H groups in total. The third-order valence-electron chi connectivity index (χ3n) is 3.11. The van der Waals surface area contributed by atoms with E-state index >= 15 is 0 Å². The second kappa shape index (κ2) is 3.52. The van der Waals surface area contributed by atoms with Gasteiger partial charge in [-0.05, 0) is 30.0 Å². The quantitative estimate of drug-likeness (QED) is 0.668. The molecule has 2 unspecified atom stereocenters. The van der Waals surface area contributed by atoms with E-state index in [1.54, 1.807) is 12.1 Å². The predicted molar refractivity (Wildman–Crippen MR) is 52.5 cm³/mol. The average molecular weight is 192 g/mol. The van der Waals surface area contributed by atoms with Gasteiger partial charge >= 0.3 is 0 Å². The molecule has 0 saturated heterocycles. The molecular weight excluding hydrogens is 179 g/mol. The number of hydrogen-bond acceptors (Lipinski definition) is 1. The Bertz CT molecular complexity index is 342. The van der Waals surface area contributed by atoms with Gasteiger partial charge < -0.3 is 0 Å². The molecule has 1 aliphatic carbocycles. The Labute approximate surface area is 82.9 Å². The van der Waals surface area contributed by atoms with Crippen LogP contribution in [-0.2, 0) is 4.79 Å². The molecule has 0 spiro atoms. The molecule has 1 aromatic rings. The van der Waals surface area contributed by atoms with Gasteiger partial charge in [0.15, 0.2) is 0 Å². The molecule has 0 aromatic heterocycles. The summed E-state index contributed by atoms with van der Waals surface area (Å²) in [6.07, 6.45) is 1.58.